The number of nitrogens with zero attached hydrogens (tertiary/aromatic N) is 5. The van der Waals surface area contributed by atoms with Gasteiger partial charge in [-0.1, -0.05) is 74.0 Å². The number of aryl methyl sites for hydroxylation is 1. The van der Waals surface area contributed by atoms with Gasteiger partial charge in [-0.2, -0.15) is 10.1 Å². The van der Waals surface area contributed by atoms with Crippen LogP contribution < -0.4 is 11.3 Å². The van der Waals surface area contributed by atoms with Gasteiger partial charge in [0.05, 0.1) is 24.0 Å². The number of rotatable bonds is 11. The zero-order chi connectivity index (χ0) is 31.6. The Morgan fingerprint density at radius 2 is 1.76 bits per heavy atom. The van der Waals surface area contributed by atoms with E-state index in [1.165, 1.54) is 6.33 Å². The van der Waals surface area contributed by atoms with Crippen LogP contribution in [0.15, 0.2) is 69.0 Å². The van der Waals surface area contributed by atoms with Gasteiger partial charge in [-0.3, -0.25) is 18.9 Å². The summed E-state index contributed by atoms with van der Waals surface area (Å²) >= 11 is 0. The van der Waals surface area contributed by atoms with Crippen molar-refractivity contribution in [3.63, 3.8) is 0 Å². The number of aromatic amines is 1. The van der Waals surface area contributed by atoms with Crippen molar-refractivity contribution < 1.29 is 14.4 Å². The Balaban J connectivity index is 0.00000417. The number of hydrogen-bond donors (Lipinski definition) is 2. The van der Waals surface area contributed by atoms with Crippen LogP contribution >= 0.6 is 0 Å². The molecule has 5 aromatic rings. The van der Waals surface area contributed by atoms with E-state index in [9.17, 15) is 14.7 Å². The third-order valence-corrected chi connectivity index (χ3v) is 8.98. The third-order valence-electron chi connectivity index (χ3n) is 8.98. The summed E-state index contributed by atoms with van der Waals surface area (Å²) in [5, 5.41) is 18.8. The Morgan fingerprint density at radius 1 is 1.04 bits per heavy atom. The van der Waals surface area contributed by atoms with E-state index in [0.29, 0.717) is 37.5 Å². The molecular formula is C34H41KN6O5. The first-order valence-corrected chi connectivity index (χ1v) is 15.8. The van der Waals surface area contributed by atoms with Gasteiger partial charge in [-0.05, 0) is 62.1 Å². The van der Waals surface area contributed by atoms with Crippen molar-refractivity contribution >= 4 is 57.2 Å². The van der Waals surface area contributed by atoms with Crippen LogP contribution in [0.25, 0.3) is 28.3 Å². The fraction of sp³-hybridized carbons (Fsp3) is 0.441. The molecule has 46 heavy (non-hydrogen) atoms. The molecule has 0 amide bonds. The molecule has 2 N–H and O–H groups in total. The average Bonchev–Trinajstić information content (AvgIpc) is 3.72. The minimum atomic E-state index is -0.829. The molecule has 3 aromatic heterocycles. The molecule has 6 rings (SSSR count). The van der Waals surface area contributed by atoms with Gasteiger partial charge in [-0.15, -0.1) is 0 Å². The molecule has 1 aliphatic carbocycles. The molecule has 238 valence electrons. The van der Waals surface area contributed by atoms with Crippen LogP contribution in [0.4, 0.5) is 0 Å². The molecule has 3 heterocycles. The summed E-state index contributed by atoms with van der Waals surface area (Å²) in [4.78, 5) is 33.1. The first-order chi connectivity index (χ1) is 21.8. The van der Waals surface area contributed by atoms with Crippen molar-refractivity contribution in [1.82, 2.24) is 29.3 Å². The standard InChI is InChI=1S/C34H40N6O5.K.H/c1-4-8-29-28(19-22-11-13-23(14-12-22)26-9-6-7-10-27(26)30-37-33(42)45-38-30)31(41)39(32-35-21-36-40(29)32)24-15-17-25(18-16-24)44-20-34(3,43)5-2;;/h6-7,9-14,21,24-25,43H,4-5,8,15-20H2,1-3H3,(H,37,38,42);;. The zero-order valence-corrected chi connectivity index (χ0v) is 26.0. The molecule has 0 bridgehead atoms. The van der Waals surface area contributed by atoms with E-state index < -0.39 is 11.4 Å². The van der Waals surface area contributed by atoms with Crippen molar-refractivity contribution in [1.29, 1.82) is 0 Å². The van der Waals surface area contributed by atoms with E-state index in [0.717, 1.165) is 65.6 Å². The summed E-state index contributed by atoms with van der Waals surface area (Å²) in [6, 6.07) is 15.8. The molecule has 12 heteroatoms. The van der Waals surface area contributed by atoms with Gasteiger partial charge in [0.15, 0.2) is 5.82 Å². The van der Waals surface area contributed by atoms with Crippen molar-refractivity contribution in [3.8, 4) is 22.5 Å². The Labute approximate surface area is 309 Å². The van der Waals surface area contributed by atoms with Crippen molar-refractivity contribution in [3.05, 3.63) is 92.6 Å². The average molecular weight is 653 g/mol. The van der Waals surface area contributed by atoms with Gasteiger partial charge in [0, 0.05) is 23.6 Å². The summed E-state index contributed by atoms with van der Waals surface area (Å²) in [6.07, 6.45) is 7.49. The van der Waals surface area contributed by atoms with Crippen LogP contribution in [-0.4, -0.2) is 104 Å². The Bertz CT molecular complexity index is 1880. The van der Waals surface area contributed by atoms with E-state index in [4.69, 9.17) is 9.26 Å². The number of H-pyrrole nitrogens is 1. The van der Waals surface area contributed by atoms with Gasteiger partial charge in [0.1, 0.15) is 6.33 Å². The van der Waals surface area contributed by atoms with Crippen LogP contribution in [-0.2, 0) is 17.6 Å². The number of aromatic nitrogens is 6. The van der Waals surface area contributed by atoms with Crippen LogP contribution in [0.1, 0.15) is 82.2 Å². The number of hydrogen-bond acceptors (Lipinski definition) is 8. The number of benzene rings is 2. The van der Waals surface area contributed by atoms with Crippen molar-refractivity contribution in [2.45, 2.75) is 89.9 Å². The molecule has 0 aliphatic heterocycles. The molecule has 2 aromatic carbocycles. The fourth-order valence-corrected chi connectivity index (χ4v) is 6.24. The number of nitrogens with one attached hydrogen (secondary N) is 1. The number of aliphatic hydroxyl groups is 1. The molecule has 0 spiro atoms. The number of fused-ring (bicyclic) bond motifs is 1. The minimum absolute atomic E-state index is 0. The maximum absolute atomic E-state index is 14.3. The molecule has 1 unspecified atom stereocenters. The molecular weight excluding hydrogens is 612 g/mol. The maximum atomic E-state index is 14.3. The first kappa shape index (κ1) is 34.6. The van der Waals surface area contributed by atoms with Gasteiger partial charge in [0.2, 0.25) is 5.78 Å². The molecule has 0 saturated heterocycles. The monoisotopic (exact) mass is 652 g/mol. The quantitative estimate of drug-likeness (QED) is 0.200. The van der Waals surface area contributed by atoms with Crippen LogP contribution in [0.3, 0.4) is 0 Å². The van der Waals surface area contributed by atoms with E-state index in [-0.39, 0.29) is 69.1 Å². The Hall–Kier alpha value is -2.71. The third kappa shape index (κ3) is 7.38. The van der Waals surface area contributed by atoms with E-state index in [1.54, 1.807) is 6.92 Å². The summed E-state index contributed by atoms with van der Waals surface area (Å²) in [7, 11) is 0. The van der Waals surface area contributed by atoms with Gasteiger partial charge in [-0.25, -0.2) is 9.31 Å². The predicted octanol–water partition coefficient (Wildman–Crippen LogP) is 4.46. The zero-order valence-electron chi connectivity index (χ0n) is 26.0. The molecule has 1 aliphatic rings. The van der Waals surface area contributed by atoms with Crippen LogP contribution in [0.5, 0.6) is 0 Å². The van der Waals surface area contributed by atoms with Gasteiger partial charge < -0.3 is 9.84 Å². The van der Waals surface area contributed by atoms with Gasteiger partial charge in [0.25, 0.3) is 5.56 Å². The Morgan fingerprint density at radius 3 is 2.41 bits per heavy atom. The van der Waals surface area contributed by atoms with E-state index >= 15 is 0 Å². The van der Waals surface area contributed by atoms with Gasteiger partial charge >= 0.3 is 57.1 Å². The summed E-state index contributed by atoms with van der Waals surface area (Å²) in [5.74, 6) is 0.359. The number of ether oxygens (including phenoxy) is 1. The normalized spacial score (nSPS) is 17.9. The SMILES string of the molecule is CCCc1c(Cc2ccc(-c3ccccc3-c3noc(=O)[nH]3)cc2)c(=O)n(C2CCC(OCC(C)(O)CC)CC2)c2ncnn12.[KH]. The summed E-state index contributed by atoms with van der Waals surface area (Å²) < 4.78 is 14.5. The fourth-order valence-electron chi connectivity index (χ4n) is 6.24. The molecule has 1 saturated carbocycles. The molecule has 11 nitrogen and oxygen atoms in total. The second kappa shape index (κ2) is 15.0. The predicted molar refractivity (Wildman–Crippen MR) is 177 cm³/mol. The topological polar surface area (TPSA) is 141 Å². The summed E-state index contributed by atoms with van der Waals surface area (Å²) in [5.41, 5.74) is 4.42. The molecule has 0 radical (unpaired) electrons. The van der Waals surface area contributed by atoms with Crippen LogP contribution in [0, 0.1) is 0 Å². The second-order valence-corrected chi connectivity index (χ2v) is 12.3. The van der Waals surface area contributed by atoms with E-state index in [1.807, 2.05) is 64.5 Å². The van der Waals surface area contributed by atoms with E-state index in [2.05, 4.69) is 27.1 Å². The van der Waals surface area contributed by atoms with Crippen molar-refractivity contribution in [2.24, 2.45) is 0 Å². The van der Waals surface area contributed by atoms with Crippen molar-refractivity contribution in [2.75, 3.05) is 6.61 Å². The molecule has 1 fully saturated rings. The Kier molecular flexibility index (Phi) is 11.3. The van der Waals surface area contributed by atoms with Crippen LogP contribution in [0.2, 0.25) is 0 Å². The second-order valence-electron chi connectivity index (χ2n) is 12.3. The first-order valence-electron chi connectivity index (χ1n) is 15.8. The summed E-state index contributed by atoms with van der Waals surface area (Å²) in [6.45, 7) is 6.17. The molecule has 1 atom stereocenters.